The van der Waals surface area contributed by atoms with Crippen LogP contribution in [0.4, 0.5) is 4.39 Å². The number of hydrogen-bond donors (Lipinski definition) is 0. The number of halogens is 1. The van der Waals surface area contributed by atoms with Crippen molar-refractivity contribution in [3.63, 3.8) is 0 Å². The molecule has 2 aromatic heterocycles. The van der Waals surface area contributed by atoms with Gasteiger partial charge in [-0.25, -0.2) is 4.39 Å². The molecule has 0 aliphatic heterocycles. The quantitative estimate of drug-likeness (QED) is 0.498. The lowest BCUT2D eigenvalue weighted by Crippen LogP contribution is -2.30. The molecule has 4 rings (SSSR count). The fraction of sp³-hybridized carbons (Fsp3) is 0.111. The summed E-state index contributed by atoms with van der Waals surface area (Å²) in [6.45, 7) is 2.04. The minimum absolute atomic E-state index is 0.295. The Hall–Kier alpha value is -2.75. The van der Waals surface area contributed by atoms with Gasteiger partial charge in [-0.15, -0.1) is 0 Å². The van der Waals surface area contributed by atoms with Crippen LogP contribution in [0.1, 0.15) is 5.56 Å². The molecular weight excluding hydrogens is 279 g/mol. The van der Waals surface area contributed by atoms with E-state index in [1.165, 1.54) is 12.1 Å². The van der Waals surface area contributed by atoms with E-state index < -0.39 is 0 Å². The van der Waals surface area contributed by atoms with Gasteiger partial charge in [0.25, 0.3) is 0 Å². The predicted octanol–water partition coefficient (Wildman–Crippen LogP) is 3.92. The van der Waals surface area contributed by atoms with Gasteiger partial charge in [-0.05, 0) is 24.6 Å². The summed E-state index contributed by atoms with van der Waals surface area (Å²) in [6, 6.07) is 8.73. The van der Waals surface area contributed by atoms with E-state index in [2.05, 4.69) is 11.1 Å². The summed E-state index contributed by atoms with van der Waals surface area (Å²) in [4.78, 5) is 4.22. The molecule has 0 spiro atoms. The number of nitrogens with zero attached hydrogens (tertiary/aromatic N) is 2. The monoisotopic (exact) mass is 293 g/mol. The first-order valence-corrected chi connectivity index (χ1v) is 7.06. The molecule has 0 N–H and O–H groups in total. The number of furan rings is 1. The SMILES string of the molecule is Cc1ccc2c(oc3cc(F)ccc32)c1-c1cncc[n+]1C. The van der Waals surface area contributed by atoms with Gasteiger partial charge < -0.3 is 4.42 Å². The van der Waals surface area contributed by atoms with Crippen LogP contribution in [0, 0.1) is 12.7 Å². The van der Waals surface area contributed by atoms with Crippen molar-refractivity contribution in [2.24, 2.45) is 7.05 Å². The zero-order chi connectivity index (χ0) is 15.3. The molecule has 2 heterocycles. The Labute approximate surface area is 126 Å². The summed E-state index contributed by atoms with van der Waals surface area (Å²) in [5.74, 6) is -0.295. The highest BCUT2D eigenvalue weighted by Crippen LogP contribution is 2.36. The van der Waals surface area contributed by atoms with E-state index in [9.17, 15) is 4.39 Å². The van der Waals surface area contributed by atoms with Crippen LogP contribution in [0.15, 0.2) is 53.3 Å². The Bertz CT molecular complexity index is 1020. The third kappa shape index (κ3) is 1.80. The molecule has 0 radical (unpaired) electrons. The van der Waals surface area contributed by atoms with Crippen LogP contribution in [0.5, 0.6) is 0 Å². The minimum Gasteiger partial charge on any atom is -0.455 e. The summed E-state index contributed by atoms with van der Waals surface area (Å²) in [6.07, 6.45) is 5.46. The number of aryl methyl sites for hydroxylation is 2. The fourth-order valence-corrected chi connectivity index (χ4v) is 2.90. The van der Waals surface area contributed by atoms with E-state index in [0.29, 0.717) is 5.58 Å². The first-order chi connectivity index (χ1) is 10.6. The lowest BCUT2D eigenvalue weighted by Gasteiger charge is -2.04. The van der Waals surface area contributed by atoms with Crippen LogP contribution in [-0.4, -0.2) is 4.98 Å². The van der Waals surface area contributed by atoms with E-state index >= 15 is 0 Å². The van der Waals surface area contributed by atoms with Gasteiger partial charge in [0.2, 0.25) is 5.69 Å². The van der Waals surface area contributed by atoms with Gasteiger partial charge in [0.05, 0.1) is 18.0 Å². The average molecular weight is 293 g/mol. The smallest absolute Gasteiger partial charge is 0.234 e. The summed E-state index contributed by atoms with van der Waals surface area (Å²) >= 11 is 0. The topological polar surface area (TPSA) is 29.9 Å². The van der Waals surface area contributed by atoms with Crippen LogP contribution >= 0.6 is 0 Å². The van der Waals surface area contributed by atoms with Crippen molar-refractivity contribution in [3.8, 4) is 11.3 Å². The summed E-state index contributed by atoms with van der Waals surface area (Å²) in [5.41, 5.74) is 4.38. The molecule has 0 atom stereocenters. The minimum atomic E-state index is -0.295. The van der Waals surface area contributed by atoms with Gasteiger partial charge in [0, 0.05) is 16.8 Å². The maximum atomic E-state index is 13.5. The molecule has 0 aliphatic carbocycles. The second-order valence-corrected chi connectivity index (χ2v) is 5.45. The fourth-order valence-electron chi connectivity index (χ4n) is 2.90. The lowest BCUT2D eigenvalue weighted by atomic mass is 10.0. The highest BCUT2D eigenvalue weighted by Gasteiger charge is 2.20. The van der Waals surface area contributed by atoms with E-state index in [4.69, 9.17) is 4.42 Å². The number of rotatable bonds is 1. The second-order valence-electron chi connectivity index (χ2n) is 5.45. The molecule has 22 heavy (non-hydrogen) atoms. The lowest BCUT2D eigenvalue weighted by molar-refractivity contribution is -0.660. The Morgan fingerprint density at radius 3 is 2.77 bits per heavy atom. The van der Waals surface area contributed by atoms with Gasteiger partial charge in [0.15, 0.2) is 6.20 Å². The molecule has 0 unspecified atom stereocenters. The summed E-state index contributed by atoms with van der Waals surface area (Å²) < 4.78 is 21.4. The van der Waals surface area contributed by atoms with E-state index in [1.807, 2.05) is 37.0 Å². The molecule has 2 aromatic carbocycles. The number of fused-ring (bicyclic) bond motifs is 3. The van der Waals surface area contributed by atoms with Crippen LogP contribution < -0.4 is 4.57 Å². The Morgan fingerprint density at radius 1 is 1.14 bits per heavy atom. The summed E-state index contributed by atoms with van der Waals surface area (Å²) in [7, 11) is 1.97. The van der Waals surface area contributed by atoms with Gasteiger partial charge in [-0.3, -0.25) is 4.98 Å². The number of aromatic nitrogens is 2. The third-order valence-corrected chi connectivity index (χ3v) is 4.02. The molecular formula is C18H14FN2O+. The van der Waals surface area contributed by atoms with Gasteiger partial charge >= 0.3 is 0 Å². The normalized spacial score (nSPS) is 11.4. The van der Waals surface area contributed by atoms with Crippen molar-refractivity contribution in [1.82, 2.24) is 4.98 Å². The largest absolute Gasteiger partial charge is 0.455 e. The molecule has 108 valence electrons. The second kappa shape index (κ2) is 4.63. The van der Waals surface area contributed by atoms with Crippen LogP contribution in [0.3, 0.4) is 0 Å². The number of hydrogen-bond acceptors (Lipinski definition) is 2. The van der Waals surface area contributed by atoms with E-state index in [-0.39, 0.29) is 5.82 Å². The van der Waals surface area contributed by atoms with Crippen LogP contribution in [0.25, 0.3) is 33.2 Å². The molecule has 0 saturated carbocycles. The van der Waals surface area contributed by atoms with Crippen molar-refractivity contribution in [2.45, 2.75) is 6.92 Å². The maximum absolute atomic E-state index is 13.5. The first-order valence-electron chi connectivity index (χ1n) is 7.06. The highest BCUT2D eigenvalue weighted by atomic mass is 19.1. The molecule has 0 saturated heterocycles. The van der Waals surface area contributed by atoms with Gasteiger partial charge in [-0.2, -0.15) is 4.57 Å². The van der Waals surface area contributed by atoms with Crippen LogP contribution in [-0.2, 0) is 7.05 Å². The number of benzene rings is 2. The average Bonchev–Trinajstić information content (AvgIpc) is 2.85. The molecule has 0 bridgehead atoms. The molecule has 4 heteroatoms. The molecule has 0 aliphatic rings. The summed E-state index contributed by atoms with van der Waals surface area (Å²) in [5, 5.41) is 1.91. The van der Waals surface area contributed by atoms with E-state index in [1.54, 1.807) is 12.3 Å². The van der Waals surface area contributed by atoms with Gasteiger partial charge in [-0.1, -0.05) is 12.1 Å². The Morgan fingerprint density at radius 2 is 1.95 bits per heavy atom. The Kier molecular flexibility index (Phi) is 2.73. The third-order valence-electron chi connectivity index (χ3n) is 4.02. The zero-order valence-corrected chi connectivity index (χ0v) is 12.3. The Balaban J connectivity index is 2.16. The standard InChI is InChI=1S/C18H14FN2O/c1-11-3-5-14-13-6-4-12(19)9-16(13)22-18(14)17(11)15-10-20-7-8-21(15)2/h3-10H,1-2H3/q+1. The van der Waals surface area contributed by atoms with Gasteiger partial charge in [0.1, 0.15) is 24.0 Å². The first kappa shape index (κ1) is 13.0. The molecule has 0 amide bonds. The molecule has 3 nitrogen and oxygen atoms in total. The zero-order valence-electron chi connectivity index (χ0n) is 12.3. The highest BCUT2D eigenvalue weighted by molar-refractivity contribution is 6.09. The van der Waals surface area contributed by atoms with Crippen molar-refractivity contribution in [3.05, 3.63) is 60.3 Å². The van der Waals surface area contributed by atoms with E-state index in [0.717, 1.165) is 33.2 Å². The van der Waals surface area contributed by atoms with Crippen molar-refractivity contribution >= 4 is 21.9 Å². The maximum Gasteiger partial charge on any atom is 0.234 e. The van der Waals surface area contributed by atoms with Crippen molar-refractivity contribution < 1.29 is 13.4 Å². The van der Waals surface area contributed by atoms with Crippen molar-refractivity contribution in [1.29, 1.82) is 0 Å². The van der Waals surface area contributed by atoms with Crippen molar-refractivity contribution in [2.75, 3.05) is 0 Å². The molecule has 0 fully saturated rings. The predicted molar refractivity (Wildman–Crippen MR) is 82.8 cm³/mol. The van der Waals surface area contributed by atoms with Crippen LogP contribution in [0.2, 0.25) is 0 Å². The molecule has 4 aromatic rings.